The lowest BCUT2D eigenvalue weighted by atomic mass is 9.86. The van der Waals surface area contributed by atoms with Gasteiger partial charge in [0.25, 0.3) is 10.0 Å². The molecule has 0 radical (unpaired) electrons. The summed E-state index contributed by atoms with van der Waals surface area (Å²) >= 11 is 0. The van der Waals surface area contributed by atoms with Gasteiger partial charge >= 0.3 is 5.97 Å². The third-order valence-corrected chi connectivity index (χ3v) is 6.05. The minimum atomic E-state index is -3.90. The summed E-state index contributed by atoms with van der Waals surface area (Å²) in [4.78, 5) is 29.2. The average molecular weight is 419 g/mol. The van der Waals surface area contributed by atoms with Crippen molar-refractivity contribution in [1.82, 2.24) is 4.47 Å². The topological polar surface area (TPSA) is 90.0 Å². The van der Waals surface area contributed by atoms with Crippen LogP contribution in [0, 0.1) is 0 Å². The summed E-state index contributed by atoms with van der Waals surface area (Å²) in [6, 6.07) is 12.5. The fourth-order valence-corrected chi connectivity index (χ4v) is 3.50. The van der Waals surface area contributed by atoms with Gasteiger partial charge in [-0.05, 0) is 29.2 Å². The van der Waals surface area contributed by atoms with Crippen LogP contribution in [0.1, 0.15) is 47.1 Å². The molecule has 2 rings (SSSR count). The number of ether oxygens (including phenoxy) is 1. The van der Waals surface area contributed by atoms with Gasteiger partial charge in [-0.25, -0.2) is 13.2 Å². The number of rotatable bonds is 7. The van der Waals surface area contributed by atoms with E-state index in [1.165, 1.54) is 38.4 Å². The van der Waals surface area contributed by atoms with Crippen LogP contribution in [0.15, 0.2) is 53.4 Å². The number of esters is 1. The van der Waals surface area contributed by atoms with E-state index in [9.17, 15) is 18.0 Å². The summed E-state index contributed by atoms with van der Waals surface area (Å²) < 4.78 is 30.3. The largest absolute Gasteiger partial charge is 0.454 e. The number of hydroxylamine groups is 1. The predicted molar refractivity (Wildman–Crippen MR) is 108 cm³/mol. The van der Waals surface area contributed by atoms with Crippen molar-refractivity contribution >= 4 is 21.8 Å². The Kier molecular flexibility index (Phi) is 6.94. The first-order valence-electron chi connectivity index (χ1n) is 8.91. The maximum Gasteiger partial charge on any atom is 0.338 e. The van der Waals surface area contributed by atoms with Crippen LogP contribution in [0.4, 0.5) is 0 Å². The van der Waals surface area contributed by atoms with Crippen molar-refractivity contribution in [3.63, 3.8) is 0 Å². The highest BCUT2D eigenvalue weighted by Gasteiger charge is 2.22. The minimum Gasteiger partial charge on any atom is -0.454 e. The molecule has 0 heterocycles. The number of hydrogen-bond acceptors (Lipinski definition) is 6. The van der Waals surface area contributed by atoms with Gasteiger partial charge in [0, 0.05) is 12.6 Å². The summed E-state index contributed by atoms with van der Waals surface area (Å²) in [6.45, 7) is 5.78. The third-order valence-electron chi connectivity index (χ3n) is 4.37. The summed E-state index contributed by atoms with van der Waals surface area (Å²) in [5.74, 6) is -1.14. The van der Waals surface area contributed by atoms with Gasteiger partial charge in [0.1, 0.15) is 0 Å². The summed E-state index contributed by atoms with van der Waals surface area (Å²) in [7, 11) is -1.44. The van der Waals surface area contributed by atoms with Gasteiger partial charge in [0.05, 0.1) is 17.6 Å². The molecule has 0 N–H and O–H groups in total. The van der Waals surface area contributed by atoms with Gasteiger partial charge in [-0.1, -0.05) is 55.6 Å². The molecule has 0 amide bonds. The Morgan fingerprint density at radius 1 is 1.00 bits per heavy atom. The predicted octanol–water partition coefficient (Wildman–Crippen LogP) is 3.21. The number of nitrogens with zero attached hydrogens (tertiary/aromatic N) is 1. The monoisotopic (exact) mass is 419 g/mol. The number of hydrogen-bond donors (Lipinski definition) is 0. The molecule has 0 fully saturated rings. The van der Waals surface area contributed by atoms with Gasteiger partial charge in [0.15, 0.2) is 12.4 Å². The van der Waals surface area contributed by atoms with E-state index >= 15 is 0 Å². The van der Waals surface area contributed by atoms with Crippen molar-refractivity contribution in [2.24, 2.45) is 0 Å². The smallest absolute Gasteiger partial charge is 0.338 e. The summed E-state index contributed by atoms with van der Waals surface area (Å²) in [5, 5.41) is 0. The zero-order valence-electron chi connectivity index (χ0n) is 17.1. The molecule has 0 saturated heterocycles. The molecule has 0 aliphatic carbocycles. The van der Waals surface area contributed by atoms with E-state index in [4.69, 9.17) is 9.57 Å². The molecule has 2 aromatic carbocycles. The Bertz CT molecular complexity index is 991. The molecule has 2 aromatic rings. The Balaban J connectivity index is 2.08. The molecule has 0 aliphatic heterocycles. The van der Waals surface area contributed by atoms with E-state index in [2.05, 4.69) is 20.8 Å². The van der Waals surface area contributed by atoms with Crippen LogP contribution in [0.2, 0.25) is 0 Å². The average Bonchev–Trinajstić information content (AvgIpc) is 2.70. The van der Waals surface area contributed by atoms with Crippen molar-refractivity contribution in [3.8, 4) is 0 Å². The lowest BCUT2D eigenvalue weighted by molar-refractivity contribution is -0.0258. The number of ketones is 1. The zero-order valence-corrected chi connectivity index (χ0v) is 17.9. The molecule has 156 valence electrons. The maximum absolute atomic E-state index is 12.3. The van der Waals surface area contributed by atoms with E-state index in [1.54, 1.807) is 12.1 Å². The molecular weight excluding hydrogens is 394 g/mol. The summed E-state index contributed by atoms with van der Waals surface area (Å²) in [5.41, 5.74) is 1.51. The van der Waals surface area contributed by atoms with Crippen LogP contribution in [-0.2, 0) is 25.0 Å². The first kappa shape index (κ1) is 22.7. The fraction of sp³-hybridized carbons (Fsp3) is 0.333. The molecular formula is C21H25NO6S. The standard InChI is InChI=1S/C21H25NO6S/c1-21(2,3)17-11-9-15(10-12-17)19(23)14-28-20(24)16-7-6-8-18(13-16)29(25,26)22(4)27-5/h6-13H,14H2,1-5H3. The van der Waals surface area contributed by atoms with Crippen LogP contribution in [0.25, 0.3) is 0 Å². The van der Waals surface area contributed by atoms with Gasteiger partial charge in [-0.15, -0.1) is 0 Å². The quantitative estimate of drug-likeness (QED) is 0.389. The molecule has 0 spiro atoms. The normalized spacial score (nSPS) is 12.1. The Morgan fingerprint density at radius 3 is 2.17 bits per heavy atom. The second-order valence-corrected chi connectivity index (χ2v) is 9.39. The molecule has 7 nitrogen and oxygen atoms in total. The number of carbonyl (C=O) groups is 2. The fourth-order valence-electron chi connectivity index (χ4n) is 2.48. The highest BCUT2D eigenvalue weighted by atomic mass is 32.2. The van der Waals surface area contributed by atoms with E-state index in [-0.39, 0.29) is 21.7 Å². The minimum absolute atomic E-state index is 0.0199. The van der Waals surface area contributed by atoms with Crippen LogP contribution in [-0.4, -0.2) is 45.4 Å². The number of sulfonamides is 1. The van der Waals surface area contributed by atoms with Gasteiger partial charge in [-0.3, -0.25) is 9.63 Å². The van der Waals surface area contributed by atoms with Crippen LogP contribution >= 0.6 is 0 Å². The highest BCUT2D eigenvalue weighted by molar-refractivity contribution is 7.89. The Labute approximate surface area is 171 Å². The molecule has 0 saturated carbocycles. The number of Topliss-reactive ketones (excluding diaryl/α,β-unsaturated/α-hetero) is 1. The van der Waals surface area contributed by atoms with E-state index < -0.39 is 22.6 Å². The van der Waals surface area contributed by atoms with Crippen LogP contribution in [0.3, 0.4) is 0 Å². The lowest BCUT2D eigenvalue weighted by Crippen LogP contribution is -2.26. The SMILES string of the molecule is CON(C)S(=O)(=O)c1cccc(C(=O)OCC(=O)c2ccc(C(C)(C)C)cc2)c1. The van der Waals surface area contributed by atoms with Gasteiger partial charge in [0.2, 0.25) is 0 Å². The number of carbonyl (C=O) groups excluding carboxylic acids is 2. The van der Waals surface area contributed by atoms with Crippen LogP contribution in [0.5, 0.6) is 0 Å². The van der Waals surface area contributed by atoms with E-state index in [0.717, 1.165) is 5.56 Å². The molecule has 8 heteroatoms. The molecule has 0 unspecified atom stereocenters. The van der Waals surface area contributed by atoms with Crippen molar-refractivity contribution in [2.45, 2.75) is 31.1 Å². The third kappa shape index (κ3) is 5.50. The van der Waals surface area contributed by atoms with E-state index in [0.29, 0.717) is 10.0 Å². The number of benzene rings is 2. The Morgan fingerprint density at radius 2 is 1.62 bits per heavy atom. The van der Waals surface area contributed by atoms with Crippen molar-refractivity contribution in [3.05, 3.63) is 65.2 Å². The molecule has 0 bridgehead atoms. The van der Waals surface area contributed by atoms with E-state index in [1.807, 2.05) is 12.1 Å². The van der Waals surface area contributed by atoms with Crippen molar-refractivity contribution in [1.29, 1.82) is 0 Å². The summed E-state index contributed by atoms with van der Waals surface area (Å²) in [6.07, 6.45) is 0. The second kappa shape index (κ2) is 8.86. The van der Waals surface area contributed by atoms with Gasteiger partial charge in [-0.2, -0.15) is 0 Å². The first-order chi connectivity index (χ1) is 13.5. The van der Waals surface area contributed by atoms with Gasteiger partial charge < -0.3 is 4.74 Å². The molecule has 0 aromatic heterocycles. The highest BCUT2D eigenvalue weighted by Crippen LogP contribution is 2.22. The first-order valence-corrected chi connectivity index (χ1v) is 10.3. The molecule has 29 heavy (non-hydrogen) atoms. The maximum atomic E-state index is 12.3. The Hall–Kier alpha value is -2.55. The molecule has 0 atom stereocenters. The van der Waals surface area contributed by atoms with Crippen molar-refractivity contribution in [2.75, 3.05) is 20.8 Å². The van der Waals surface area contributed by atoms with Crippen molar-refractivity contribution < 1.29 is 27.6 Å². The van der Waals surface area contributed by atoms with Crippen LogP contribution < -0.4 is 0 Å². The molecule has 0 aliphatic rings. The zero-order chi connectivity index (χ0) is 21.8. The second-order valence-electron chi connectivity index (χ2n) is 7.45. The lowest BCUT2D eigenvalue weighted by Gasteiger charge is -2.19.